The summed E-state index contributed by atoms with van der Waals surface area (Å²) in [5, 5.41) is 3.14. The van der Waals surface area contributed by atoms with Gasteiger partial charge in [0.25, 0.3) is 0 Å². The van der Waals surface area contributed by atoms with Gasteiger partial charge in [-0.2, -0.15) is 0 Å². The van der Waals surface area contributed by atoms with E-state index in [1.807, 2.05) is 23.9 Å². The van der Waals surface area contributed by atoms with E-state index in [-0.39, 0.29) is 17.0 Å². The highest BCUT2D eigenvalue weighted by Crippen LogP contribution is 2.20. The lowest BCUT2D eigenvalue weighted by Crippen LogP contribution is -2.21. The summed E-state index contributed by atoms with van der Waals surface area (Å²) in [7, 11) is 0. The number of hydrogen-bond acceptors (Lipinski definition) is 3. The van der Waals surface area contributed by atoms with Crippen molar-refractivity contribution in [3.8, 4) is 0 Å². The molecule has 0 N–H and O–H groups in total. The van der Waals surface area contributed by atoms with Crippen molar-refractivity contribution in [2.24, 2.45) is 4.99 Å². The third-order valence-electron chi connectivity index (χ3n) is 1.25. The minimum atomic E-state index is 0. The second kappa shape index (κ2) is 3.25. The van der Waals surface area contributed by atoms with Crippen LogP contribution in [0.5, 0.6) is 0 Å². The number of thioether (sulfide) groups is 1. The predicted molar refractivity (Wildman–Crippen MR) is 50.3 cm³/mol. The first-order valence-corrected chi connectivity index (χ1v) is 3.67. The number of hydrogen-bond donors (Lipinski definition) is 0. The van der Waals surface area contributed by atoms with E-state index in [2.05, 4.69) is 9.89 Å². The van der Waals surface area contributed by atoms with E-state index in [1.165, 1.54) is 0 Å². The monoisotopic (exact) mass is 218 g/mol. The van der Waals surface area contributed by atoms with Crippen molar-refractivity contribution in [3.63, 3.8) is 0 Å². The van der Waals surface area contributed by atoms with E-state index in [0.29, 0.717) is 0 Å². The van der Waals surface area contributed by atoms with Crippen LogP contribution in [0.25, 0.3) is 0 Å². The molecule has 0 unspecified atom stereocenters. The summed E-state index contributed by atoms with van der Waals surface area (Å²) in [6.07, 6.45) is 5.94. The lowest BCUT2D eigenvalue weighted by atomic mass is 10.5. The number of rotatable bonds is 0. The molecule has 0 fully saturated rings. The molecule has 0 aromatic heterocycles. The van der Waals surface area contributed by atoms with Crippen molar-refractivity contribution in [1.82, 2.24) is 4.90 Å². The predicted octanol–water partition coefficient (Wildman–Crippen LogP) is 1.97. The normalized spacial score (nSPS) is 20.0. The maximum Gasteiger partial charge on any atom is 0.172 e. The van der Waals surface area contributed by atoms with Crippen LogP contribution >= 0.6 is 28.7 Å². The molecule has 0 saturated carbocycles. The van der Waals surface area contributed by atoms with Gasteiger partial charge in [-0.3, -0.25) is 0 Å². The molecule has 0 amide bonds. The minimum absolute atomic E-state index is 0. The maximum absolute atomic E-state index is 4.15. The van der Waals surface area contributed by atoms with Gasteiger partial charge in [0.15, 0.2) is 5.17 Å². The Morgan fingerprint density at radius 1 is 1.60 bits per heavy atom. The van der Waals surface area contributed by atoms with Gasteiger partial charge in [0.2, 0.25) is 0 Å². The molecule has 54 valence electrons. The molecule has 2 rings (SSSR count). The molecule has 0 spiro atoms. The fraction of sp³-hybridized carbons (Fsp3) is 0.167. The summed E-state index contributed by atoms with van der Waals surface area (Å²) >= 11 is 1.67. The summed E-state index contributed by atoms with van der Waals surface area (Å²) in [4.78, 5) is 6.27. The van der Waals surface area contributed by atoms with Gasteiger partial charge in [0.1, 0.15) is 0 Å². The Bertz CT molecular complexity index is 210. The number of nitrogens with zero attached hydrogens (tertiary/aromatic N) is 2. The second-order valence-corrected chi connectivity index (χ2v) is 2.72. The number of aliphatic imine (C=N–C) groups is 1. The molecular formula is C6H7BrN2S. The highest BCUT2D eigenvalue weighted by molar-refractivity contribution is 8.93. The van der Waals surface area contributed by atoms with Gasteiger partial charge in [0, 0.05) is 18.9 Å². The zero-order valence-electron chi connectivity index (χ0n) is 5.23. The minimum Gasteiger partial charge on any atom is -0.323 e. The molecule has 4 heteroatoms. The van der Waals surface area contributed by atoms with E-state index < -0.39 is 0 Å². The molecular weight excluding hydrogens is 212 g/mol. The Kier molecular flexibility index (Phi) is 2.56. The van der Waals surface area contributed by atoms with Crippen LogP contribution in [0.15, 0.2) is 28.9 Å². The fourth-order valence-electron chi connectivity index (χ4n) is 0.817. The van der Waals surface area contributed by atoms with Crippen molar-refractivity contribution in [3.05, 3.63) is 23.9 Å². The van der Waals surface area contributed by atoms with Crippen LogP contribution in [0.4, 0.5) is 0 Å². The molecule has 2 aliphatic rings. The van der Waals surface area contributed by atoms with Gasteiger partial charge in [-0.05, 0) is 11.5 Å². The topological polar surface area (TPSA) is 15.6 Å². The average molecular weight is 219 g/mol. The molecule has 0 atom stereocenters. The molecule has 2 heterocycles. The standard InChI is InChI=1S/C6H6N2S.BrH/c1-2-7-6-8(3-1)4-5-9-6;/h1-2,4-5H,3H2;1H. The molecule has 10 heavy (non-hydrogen) atoms. The molecule has 0 saturated heterocycles. The van der Waals surface area contributed by atoms with Gasteiger partial charge in [-0.1, -0.05) is 11.8 Å². The van der Waals surface area contributed by atoms with Crippen LogP contribution < -0.4 is 0 Å². The first-order valence-electron chi connectivity index (χ1n) is 2.79. The van der Waals surface area contributed by atoms with Crippen LogP contribution in [0.3, 0.4) is 0 Å². The van der Waals surface area contributed by atoms with Crippen LogP contribution in [0, 0.1) is 0 Å². The summed E-state index contributed by atoms with van der Waals surface area (Å²) in [5.74, 6) is 0. The Labute approximate surface area is 74.5 Å². The zero-order valence-corrected chi connectivity index (χ0v) is 7.76. The molecule has 0 aromatic carbocycles. The van der Waals surface area contributed by atoms with Gasteiger partial charge >= 0.3 is 0 Å². The lowest BCUT2D eigenvalue weighted by molar-refractivity contribution is 0.632. The number of halogens is 1. The molecule has 0 bridgehead atoms. The van der Waals surface area contributed by atoms with Crippen molar-refractivity contribution >= 4 is 33.9 Å². The Morgan fingerprint density at radius 2 is 2.50 bits per heavy atom. The molecule has 2 nitrogen and oxygen atoms in total. The van der Waals surface area contributed by atoms with Crippen LogP contribution in [-0.4, -0.2) is 16.6 Å². The maximum atomic E-state index is 4.15. The van der Waals surface area contributed by atoms with Gasteiger partial charge in [-0.25, -0.2) is 4.99 Å². The molecule has 0 radical (unpaired) electrons. The van der Waals surface area contributed by atoms with E-state index in [0.717, 1.165) is 11.7 Å². The molecule has 0 aromatic rings. The van der Waals surface area contributed by atoms with E-state index >= 15 is 0 Å². The summed E-state index contributed by atoms with van der Waals surface area (Å²) in [6, 6.07) is 0. The SMILES string of the molecule is Br.C1=CN=C2SC=CN2C1. The molecule has 0 aliphatic carbocycles. The van der Waals surface area contributed by atoms with Gasteiger partial charge in [-0.15, -0.1) is 17.0 Å². The number of fused-ring (bicyclic) bond motifs is 1. The smallest absolute Gasteiger partial charge is 0.172 e. The van der Waals surface area contributed by atoms with Gasteiger partial charge in [0.05, 0.1) is 0 Å². The first-order chi connectivity index (χ1) is 4.47. The second-order valence-electron chi connectivity index (χ2n) is 1.85. The highest BCUT2D eigenvalue weighted by atomic mass is 79.9. The third kappa shape index (κ3) is 1.27. The fourth-order valence-corrected chi connectivity index (χ4v) is 1.54. The Balaban J connectivity index is 0.000000500. The van der Waals surface area contributed by atoms with Crippen LogP contribution in [0.2, 0.25) is 0 Å². The highest BCUT2D eigenvalue weighted by Gasteiger charge is 2.13. The summed E-state index contributed by atoms with van der Waals surface area (Å²) in [6.45, 7) is 0.975. The summed E-state index contributed by atoms with van der Waals surface area (Å²) < 4.78 is 0. The van der Waals surface area contributed by atoms with Crippen molar-refractivity contribution in [2.45, 2.75) is 0 Å². The zero-order chi connectivity index (χ0) is 6.10. The van der Waals surface area contributed by atoms with Crippen molar-refractivity contribution < 1.29 is 0 Å². The van der Waals surface area contributed by atoms with Crippen LogP contribution in [0.1, 0.15) is 0 Å². The van der Waals surface area contributed by atoms with Crippen LogP contribution in [-0.2, 0) is 0 Å². The summed E-state index contributed by atoms with van der Waals surface area (Å²) in [5.41, 5.74) is 0. The van der Waals surface area contributed by atoms with E-state index in [4.69, 9.17) is 0 Å². The largest absolute Gasteiger partial charge is 0.323 e. The molecule has 2 aliphatic heterocycles. The third-order valence-corrected chi connectivity index (χ3v) is 2.06. The van der Waals surface area contributed by atoms with Crippen molar-refractivity contribution in [2.75, 3.05) is 6.54 Å². The number of amidine groups is 1. The first kappa shape index (κ1) is 7.88. The Hall–Kier alpha value is -0.220. The quantitative estimate of drug-likeness (QED) is 0.618. The van der Waals surface area contributed by atoms with Crippen molar-refractivity contribution in [1.29, 1.82) is 0 Å². The van der Waals surface area contributed by atoms with E-state index in [1.54, 1.807) is 11.8 Å². The van der Waals surface area contributed by atoms with Gasteiger partial charge < -0.3 is 4.90 Å². The average Bonchev–Trinajstić information content (AvgIpc) is 2.33. The van der Waals surface area contributed by atoms with E-state index in [9.17, 15) is 0 Å². The lowest BCUT2D eigenvalue weighted by Gasteiger charge is -2.15. The Morgan fingerprint density at radius 3 is 3.30 bits per heavy atom.